The van der Waals surface area contributed by atoms with Crippen molar-refractivity contribution in [1.29, 1.82) is 0 Å². The van der Waals surface area contributed by atoms with E-state index in [1.165, 1.54) is 43.9 Å². The van der Waals surface area contributed by atoms with Gasteiger partial charge in [-0.2, -0.15) is 0 Å². The number of hydrogen-bond donors (Lipinski definition) is 0. The van der Waals surface area contributed by atoms with Gasteiger partial charge in [-0.05, 0) is 79.6 Å². The fourth-order valence-electron chi connectivity index (χ4n) is 5.53. The summed E-state index contributed by atoms with van der Waals surface area (Å²) in [5.41, 5.74) is 1.80. The number of carbonyl (C=O) groups is 2. The number of sulfone groups is 1. The van der Waals surface area contributed by atoms with Crippen LogP contribution in [0.15, 0.2) is 61.2 Å². The normalized spacial score (nSPS) is 15.7. The summed E-state index contributed by atoms with van der Waals surface area (Å²) in [7, 11) is 0.604. The maximum atomic E-state index is 13.9. The number of hydrogen-bond acceptors (Lipinski definition) is 9. The number of unbranched alkanes of at least 4 members (excludes halogenated alkanes) is 2. The van der Waals surface area contributed by atoms with Crippen LogP contribution in [0.5, 0.6) is 17.2 Å². The Labute approximate surface area is 247 Å². The Bertz CT molecular complexity index is 1440. The maximum Gasteiger partial charge on any atom is 0.295 e. The highest BCUT2D eigenvalue weighted by Crippen LogP contribution is 2.40. The van der Waals surface area contributed by atoms with Gasteiger partial charge >= 0.3 is 0 Å². The lowest BCUT2D eigenvalue weighted by Crippen LogP contribution is -2.45. The smallest absolute Gasteiger partial charge is 0.295 e. The lowest BCUT2D eigenvalue weighted by molar-refractivity contribution is -0.127. The van der Waals surface area contributed by atoms with Gasteiger partial charge < -0.3 is 19.1 Å². The van der Waals surface area contributed by atoms with Crippen LogP contribution in [-0.2, 0) is 21.1 Å². The number of rotatable bonds is 14. The molecule has 0 saturated carbocycles. The molecule has 0 spiro atoms. The first-order valence-electron chi connectivity index (χ1n) is 14.0. The SMILES string of the molecule is COc1cc(C(=O)C(=O)N2CCC[C@H]2C(c2ccncc2)S(=O)(=O)CCCCCc2ccncc2)cc(OC)c1OC. The number of likely N-dealkylation sites (tertiary alicyclic amines) is 1. The third kappa shape index (κ3) is 7.07. The number of aryl methyl sites for hydroxylation is 1. The zero-order valence-electron chi connectivity index (χ0n) is 24.2. The molecule has 224 valence electrons. The first kappa shape index (κ1) is 31.0. The van der Waals surface area contributed by atoms with E-state index in [0.717, 1.165) is 19.3 Å². The Morgan fingerprint density at radius 2 is 1.52 bits per heavy atom. The predicted octanol–water partition coefficient (Wildman–Crippen LogP) is 4.25. The molecule has 1 aromatic carbocycles. The monoisotopic (exact) mass is 595 g/mol. The van der Waals surface area contributed by atoms with Gasteiger partial charge in [-0.15, -0.1) is 0 Å². The molecular weight excluding hydrogens is 558 g/mol. The van der Waals surface area contributed by atoms with Crippen molar-refractivity contribution in [1.82, 2.24) is 14.9 Å². The molecule has 2 aromatic heterocycles. The predicted molar refractivity (Wildman–Crippen MR) is 158 cm³/mol. The van der Waals surface area contributed by atoms with E-state index in [2.05, 4.69) is 9.97 Å². The molecule has 0 aliphatic carbocycles. The molecule has 11 heteroatoms. The first-order valence-corrected chi connectivity index (χ1v) is 15.7. The molecule has 0 N–H and O–H groups in total. The summed E-state index contributed by atoms with van der Waals surface area (Å²) in [6.45, 7) is 0.280. The van der Waals surface area contributed by atoms with Crippen LogP contribution in [0.1, 0.15) is 58.8 Å². The second kappa shape index (κ2) is 14.3. The van der Waals surface area contributed by atoms with E-state index in [1.807, 2.05) is 12.1 Å². The molecule has 1 aliphatic heterocycles. The van der Waals surface area contributed by atoms with Crippen LogP contribution in [0.3, 0.4) is 0 Å². The third-order valence-electron chi connectivity index (χ3n) is 7.60. The lowest BCUT2D eigenvalue weighted by atomic mass is 10.0. The van der Waals surface area contributed by atoms with Crippen LogP contribution < -0.4 is 14.2 Å². The van der Waals surface area contributed by atoms with Crippen molar-refractivity contribution in [3.05, 3.63) is 77.9 Å². The van der Waals surface area contributed by atoms with E-state index in [4.69, 9.17) is 14.2 Å². The lowest BCUT2D eigenvalue weighted by Gasteiger charge is -2.31. The van der Waals surface area contributed by atoms with E-state index < -0.39 is 32.8 Å². The minimum atomic E-state index is -3.69. The second-order valence-electron chi connectivity index (χ2n) is 10.2. The number of nitrogens with zero attached hydrogens (tertiary/aromatic N) is 3. The highest BCUT2D eigenvalue weighted by atomic mass is 32.2. The summed E-state index contributed by atoms with van der Waals surface area (Å²) in [6.07, 6.45) is 10.6. The highest BCUT2D eigenvalue weighted by molar-refractivity contribution is 7.91. The molecule has 3 heterocycles. The average molecular weight is 596 g/mol. The number of benzene rings is 1. The van der Waals surface area contributed by atoms with Crippen LogP contribution in [0.2, 0.25) is 0 Å². The molecule has 1 aliphatic rings. The summed E-state index contributed by atoms with van der Waals surface area (Å²) in [5, 5.41) is -0.972. The van der Waals surface area contributed by atoms with Gasteiger partial charge in [0.15, 0.2) is 21.3 Å². The molecule has 0 bridgehead atoms. The van der Waals surface area contributed by atoms with Crippen molar-refractivity contribution in [2.45, 2.75) is 49.8 Å². The number of amides is 1. The molecule has 0 radical (unpaired) electrons. The summed E-state index contributed by atoms with van der Waals surface area (Å²) in [5.74, 6) is -0.774. The van der Waals surface area contributed by atoms with Crippen molar-refractivity contribution in [2.24, 2.45) is 0 Å². The quantitative estimate of drug-likeness (QED) is 0.153. The minimum absolute atomic E-state index is 0.0182. The Hall–Kier alpha value is -3.99. The van der Waals surface area contributed by atoms with Gasteiger partial charge in [-0.25, -0.2) is 8.42 Å². The minimum Gasteiger partial charge on any atom is -0.493 e. The van der Waals surface area contributed by atoms with Gasteiger partial charge in [0.2, 0.25) is 5.75 Å². The molecule has 1 unspecified atom stereocenters. The van der Waals surface area contributed by atoms with Crippen LogP contribution in [0, 0.1) is 0 Å². The number of Topliss-reactive ketones (excluding diaryl/α,β-unsaturated/α-hetero) is 1. The Kier molecular flexibility index (Phi) is 10.5. The number of aromatic nitrogens is 2. The molecule has 10 nitrogen and oxygen atoms in total. The van der Waals surface area contributed by atoms with Gasteiger partial charge in [0, 0.05) is 36.9 Å². The highest BCUT2D eigenvalue weighted by Gasteiger charge is 2.43. The molecule has 1 saturated heterocycles. The number of ether oxygens (including phenoxy) is 3. The maximum absolute atomic E-state index is 13.9. The van der Waals surface area contributed by atoms with Crippen molar-refractivity contribution in [2.75, 3.05) is 33.6 Å². The van der Waals surface area contributed by atoms with E-state index in [-0.39, 0.29) is 29.4 Å². The molecule has 4 rings (SSSR count). The number of carbonyl (C=O) groups excluding carboxylic acids is 2. The topological polar surface area (TPSA) is 125 Å². The zero-order chi connectivity index (χ0) is 30.1. The Balaban J connectivity index is 1.54. The largest absolute Gasteiger partial charge is 0.493 e. The first-order chi connectivity index (χ1) is 20.3. The van der Waals surface area contributed by atoms with Gasteiger partial charge in [-0.1, -0.05) is 6.42 Å². The van der Waals surface area contributed by atoms with Crippen LogP contribution in [-0.4, -0.2) is 74.6 Å². The molecular formula is C31H37N3O7S. The standard InChI is InChI=1S/C31H37N3O7S/c1-39-26-20-24(21-27(40-2)29(26)41-3)28(35)31(36)34-18-7-9-25(34)30(23-12-16-33-17-13-23)42(37,38)19-6-4-5-8-22-10-14-32-15-11-22/h10-17,20-21,25,30H,4-9,18-19H2,1-3H3/t25-,30?/m0/s1. The summed E-state index contributed by atoms with van der Waals surface area (Å²) < 4.78 is 43.8. The van der Waals surface area contributed by atoms with Gasteiger partial charge in [-0.3, -0.25) is 19.6 Å². The number of pyridine rings is 2. The van der Waals surface area contributed by atoms with Crippen LogP contribution in [0.4, 0.5) is 0 Å². The van der Waals surface area contributed by atoms with Crippen molar-refractivity contribution in [3.8, 4) is 17.2 Å². The number of ketones is 1. The van der Waals surface area contributed by atoms with E-state index in [9.17, 15) is 18.0 Å². The molecule has 2 atom stereocenters. The second-order valence-corrected chi connectivity index (χ2v) is 12.4. The molecule has 1 fully saturated rings. The zero-order valence-corrected chi connectivity index (χ0v) is 25.0. The van der Waals surface area contributed by atoms with Crippen molar-refractivity contribution in [3.63, 3.8) is 0 Å². The fraction of sp³-hybridized carbons (Fsp3) is 0.419. The van der Waals surface area contributed by atoms with E-state index in [1.54, 1.807) is 36.9 Å². The Morgan fingerprint density at radius 1 is 0.905 bits per heavy atom. The average Bonchev–Trinajstić information content (AvgIpc) is 3.49. The van der Waals surface area contributed by atoms with Crippen LogP contribution >= 0.6 is 0 Å². The van der Waals surface area contributed by atoms with Crippen molar-refractivity contribution < 1.29 is 32.2 Å². The molecule has 3 aromatic rings. The van der Waals surface area contributed by atoms with Gasteiger partial charge in [0.05, 0.1) is 33.1 Å². The number of methoxy groups -OCH3 is 3. The van der Waals surface area contributed by atoms with Crippen molar-refractivity contribution >= 4 is 21.5 Å². The third-order valence-corrected chi connectivity index (χ3v) is 9.81. The van der Waals surface area contributed by atoms with Gasteiger partial charge in [0.1, 0.15) is 5.25 Å². The fourth-order valence-corrected chi connectivity index (χ4v) is 7.73. The molecule has 42 heavy (non-hydrogen) atoms. The summed E-state index contributed by atoms with van der Waals surface area (Å²) in [4.78, 5) is 36.6. The molecule has 1 amide bonds. The summed E-state index contributed by atoms with van der Waals surface area (Å²) >= 11 is 0. The van der Waals surface area contributed by atoms with E-state index in [0.29, 0.717) is 30.6 Å². The van der Waals surface area contributed by atoms with Gasteiger partial charge in [0.25, 0.3) is 11.7 Å². The Morgan fingerprint density at radius 3 is 2.12 bits per heavy atom. The van der Waals surface area contributed by atoms with Crippen LogP contribution in [0.25, 0.3) is 0 Å². The summed E-state index contributed by atoms with van der Waals surface area (Å²) in [6, 6.07) is 9.43. The van der Waals surface area contributed by atoms with E-state index >= 15 is 0 Å².